The zero-order valence-corrected chi connectivity index (χ0v) is 15.3. The van der Waals surface area contributed by atoms with Crippen molar-refractivity contribution in [1.29, 1.82) is 0 Å². The molecule has 0 aliphatic heterocycles. The van der Waals surface area contributed by atoms with Gasteiger partial charge < -0.3 is 0 Å². The number of thioether (sulfide) groups is 1. The van der Waals surface area contributed by atoms with E-state index in [-0.39, 0.29) is 11.2 Å². The summed E-state index contributed by atoms with van der Waals surface area (Å²) in [5.74, 6) is 0.211. The Morgan fingerprint density at radius 3 is 2.67 bits per heavy atom. The van der Waals surface area contributed by atoms with Gasteiger partial charge >= 0.3 is 0 Å². The number of nitrogens with zero attached hydrogens (tertiary/aromatic N) is 3. The van der Waals surface area contributed by atoms with Crippen LogP contribution in [-0.4, -0.2) is 26.3 Å². The quantitative estimate of drug-likeness (QED) is 0.688. The molecule has 0 aliphatic rings. The first-order chi connectivity index (χ1) is 11.5. The third-order valence-corrected chi connectivity index (χ3v) is 5.58. The SMILES string of the molecule is CC(Sc1ccc2ccccc2n1)C(=O)Nc1nnc(C(C)C)s1. The molecule has 1 N–H and O–H groups in total. The Labute approximate surface area is 148 Å². The second kappa shape index (κ2) is 7.27. The second-order valence-electron chi connectivity index (χ2n) is 5.69. The van der Waals surface area contributed by atoms with Crippen molar-refractivity contribution in [2.24, 2.45) is 0 Å². The Kier molecular flexibility index (Phi) is 5.11. The molecule has 7 heteroatoms. The number of benzene rings is 1. The molecule has 124 valence electrons. The molecule has 0 spiro atoms. The van der Waals surface area contributed by atoms with Crippen LogP contribution in [0.1, 0.15) is 31.7 Å². The van der Waals surface area contributed by atoms with Crippen LogP contribution in [0.2, 0.25) is 0 Å². The number of pyridine rings is 1. The summed E-state index contributed by atoms with van der Waals surface area (Å²) in [6, 6.07) is 11.9. The molecular weight excluding hydrogens is 340 g/mol. The standard InChI is InChI=1S/C17H18N4OS2/c1-10(2)16-20-21-17(24-16)19-15(22)11(3)23-14-9-8-12-6-4-5-7-13(12)18-14/h4-11H,1-3H3,(H,19,21,22). The number of para-hydroxylation sites is 1. The Bertz CT molecular complexity index is 862. The number of rotatable bonds is 5. The normalized spacial score (nSPS) is 12.5. The fourth-order valence-electron chi connectivity index (χ4n) is 2.07. The van der Waals surface area contributed by atoms with E-state index in [9.17, 15) is 4.79 Å². The number of carbonyl (C=O) groups is 1. The smallest absolute Gasteiger partial charge is 0.239 e. The number of carbonyl (C=O) groups excluding carboxylic acids is 1. The average molecular weight is 358 g/mol. The molecule has 2 heterocycles. The first-order valence-corrected chi connectivity index (χ1v) is 9.39. The maximum absolute atomic E-state index is 12.3. The molecule has 3 aromatic rings. The van der Waals surface area contributed by atoms with Gasteiger partial charge in [0.25, 0.3) is 0 Å². The maximum atomic E-state index is 12.3. The molecule has 0 saturated heterocycles. The predicted molar refractivity (Wildman–Crippen MR) is 99.7 cm³/mol. The van der Waals surface area contributed by atoms with Crippen molar-refractivity contribution >= 4 is 45.0 Å². The van der Waals surface area contributed by atoms with Gasteiger partial charge in [0.15, 0.2) is 0 Å². The van der Waals surface area contributed by atoms with Crippen molar-refractivity contribution in [2.45, 2.75) is 37.0 Å². The highest BCUT2D eigenvalue weighted by atomic mass is 32.2. The topological polar surface area (TPSA) is 67.8 Å². The van der Waals surface area contributed by atoms with Crippen LogP contribution >= 0.6 is 23.1 Å². The average Bonchev–Trinajstić information content (AvgIpc) is 3.03. The predicted octanol–water partition coefficient (Wildman–Crippen LogP) is 4.33. The number of hydrogen-bond donors (Lipinski definition) is 1. The fraction of sp³-hybridized carbons (Fsp3) is 0.294. The van der Waals surface area contributed by atoms with Crippen LogP contribution in [-0.2, 0) is 4.79 Å². The van der Waals surface area contributed by atoms with Gasteiger partial charge in [0, 0.05) is 11.3 Å². The molecule has 0 fully saturated rings. The van der Waals surface area contributed by atoms with Gasteiger partial charge in [-0.1, -0.05) is 61.2 Å². The van der Waals surface area contributed by atoms with E-state index in [1.807, 2.05) is 43.3 Å². The van der Waals surface area contributed by atoms with E-state index in [4.69, 9.17) is 0 Å². The Morgan fingerprint density at radius 1 is 1.12 bits per heavy atom. The van der Waals surface area contributed by atoms with Gasteiger partial charge in [-0.2, -0.15) is 0 Å². The van der Waals surface area contributed by atoms with Crippen molar-refractivity contribution in [2.75, 3.05) is 5.32 Å². The van der Waals surface area contributed by atoms with Crippen LogP contribution in [0.15, 0.2) is 41.4 Å². The van der Waals surface area contributed by atoms with Gasteiger partial charge in [-0.3, -0.25) is 10.1 Å². The summed E-state index contributed by atoms with van der Waals surface area (Å²) in [7, 11) is 0. The van der Waals surface area contributed by atoms with Crippen molar-refractivity contribution < 1.29 is 4.79 Å². The number of amides is 1. The molecule has 1 unspecified atom stereocenters. The van der Waals surface area contributed by atoms with E-state index in [0.717, 1.165) is 20.9 Å². The number of anilines is 1. The molecule has 1 amide bonds. The van der Waals surface area contributed by atoms with Gasteiger partial charge in [-0.25, -0.2) is 4.98 Å². The zero-order chi connectivity index (χ0) is 17.1. The number of fused-ring (bicyclic) bond motifs is 1. The zero-order valence-electron chi connectivity index (χ0n) is 13.7. The lowest BCUT2D eigenvalue weighted by Gasteiger charge is -2.10. The second-order valence-corrected chi connectivity index (χ2v) is 8.06. The molecule has 3 rings (SSSR count). The largest absolute Gasteiger partial charge is 0.300 e. The van der Waals surface area contributed by atoms with Gasteiger partial charge in [-0.05, 0) is 19.1 Å². The van der Waals surface area contributed by atoms with E-state index < -0.39 is 0 Å². The van der Waals surface area contributed by atoms with Gasteiger partial charge in [0.2, 0.25) is 11.0 Å². The maximum Gasteiger partial charge on any atom is 0.239 e. The summed E-state index contributed by atoms with van der Waals surface area (Å²) in [5.41, 5.74) is 0.931. The molecule has 2 aromatic heterocycles. The molecule has 1 aromatic carbocycles. The molecule has 1 atom stereocenters. The van der Waals surface area contributed by atoms with Gasteiger partial charge in [0.05, 0.1) is 15.8 Å². The van der Waals surface area contributed by atoms with Crippen LogP contribution < -0.4 is 5.32 Å². The highest BCUT2D eigenvalue weighted by molar-refractivity contribution is 8.00. The highest BCUT2D eigenvalue weighted by Crippen LogP contribution is 2.26. The van der Waals surface area contributed by atoms with Crippen LogP contribution in [0.5, 0.6) is 0 Å². The summed E-state index contributed by atoms with van der Waals surface area (Å²) in [5, 5.41) is 14.0. The summed E-state index contributed by atoms with van der Waals surface area (Å²) < 4.78 is 0. The third-order valence-electron chi connectivity index (χ3n) is 3.40. The molecular formula is C17H18N4OS2. The third kappa shape index (κ3) is 3.91. The molecule has 5 nitrogen and oxygen atoms in total. The minimum atomic E-state index is -0.273. The lowest BCUT2D eigenvalue weighted by Crippen LogP contribution is -2.22. The van der Waals surface area contributed by atoms with Crippen LogP contribution in [0, 0.1) is 0 Å². The monoisotopic (exact) mass is 358 g/mol. The number of nitrogens with one attached hydrogen (secondary N) is 1. The highest BCUT2D eigenvalue weighted by Gasteiger charge is 2.18. The van der Waals surface area contributed by atoms with E-state index >= 15 is 0 Å². The molecule has 0 saturated carbocycles. The Balaban J connectivity index is 1.66. The summed E-state index contributed by atoms with van der Waals surface area (Å²) in [6.45, 7) is 5.97. The number of aromatic nitrogens is 3. The Hall–Kier alpha value is -1.99. The lowest BCUT2D eigenvalue weighted by atomic mass is 10.2. The molecule has 24 heavy (non-hydrogen) atoms. The van der Waals surface area contributed by atoms with Gasteiger partial charge in [0.1, 0.15) is 5.01 Å². The van der Waals surface area contributed by atoms with Crippen molar-refractivity contribution in [3.63, 3.8) is 0 Å². The first kappa shape index (κ1) is 16.9. The van der Waals surface area contributed by atoms with Gasteiger partial charge in [-0.15, -0.1) is 10.2 Å². The Morgan fingerprint density at radius 2 is 1.92 bits per heavy atom. The van der Waals surface area contributed by atoms with Crippen molar-refractivity contribution in [3.8, 4) is 0 Å². The summed E-state index contributed by atoms with van der Waals surface area (Å²) in [6.07, 6.45) is 0. The minimum Gasteiger partial charge on any atom is -0.300 e. The van der Waals surface area contributed by atoms with Crippen molar-refractivity contribution in [1.82, 2.24) is 15.2 Å². The van der Waals surface area contributed by atoms with Crippen LogP contribution in [0.4, 0.5) is 5.13 Å². The lowest BCUT2D eigenvalue weighted by molar-refractivity contribution is -0.115. The van der Waals surface area contributed by atoms with Crippen LogP contribution in [0.25, 0.3) is 10.9 Å². The number of hydrogen-bond acceptors (Lipinski definition) is 6. The van der Waals surface area contributed by atoms with E-state index in [0.29, 0.717) is 11.0 Å². The molecule has 0 aliphatic carbocycles. The molecule has 0 radical (unpaired) electrons. The van der Waals surface area contributed by atoms with Crippen LogP contribution in [0.3, 0.4) is 0 Å². The summed E-state index contributed by atoms with van der Waals surface area (Å²) in [4.78, 5) is 16.9. The fourth-order valence-corrected chi connectivity index (χ4v) is 3.65. The molecule has 0 bridgehead atoms. The van der Waals surface area contributed by atoms with Crippen molar-refractivity contribution in [3.05, 3.63) is 41.4 Å². The van der Waals surface area contributed by atoms with E-state index in [1.54, 1.807) is 0 Å². The summed E-state index contributed by atoms with van der Waals surface area (Å²) >= 11 is 2.85. The minimum absolute atomic E-state index is 0.0959. The van der Waals surface area contributed by atoms with E-state index in [1.165, 1.54) is 23.1 Å². The first-order valence-electron chi connectivity index (χ1n) is 7.69. The van der Waals surface area contributed by atoms with E-state index in [2.05, 4.69) is 34.3 Å².